The highest BCUT2D eigenvalue weighted by molar-refractivity contribution is 7.88. The Bertz CT molecular complexity index is 835. The Hall–Kier alpha value is -1.47. The van der Waals surface area contributed by atoms with Gasteiger partial charge in [-0.1, -0.05) is 35.3 Å². The van der Waals surface area contributed by atoms with Gasteiger partial charge >= 0.3 is 0 Å². The Morgan fingerprint density at radius 2 is 1.64 bits per heavy atom. The molecule has 25 heavy (non-hydrogen) atoms. The molecular formula is C17H19Cl2NO4S. The zero-order valence-corrected chi connectivity index (χ0v) is 16.4. The molecule has 1 N–H and O–H groups in total. The molecule has 0 spiro atoms. The molecule has 2 aromatic carbocycles. The summed E-state index contributed by atoms with van der Waals surface area (Å²) in [5.41, 5.74) is 1.12. The summed E-state index contributed by atoms with van der Waals surface area (Å²) in [7, 11) is -0.591. The minimum Gasteiger partial charge on any atom is -0.493 e. The largest absolute Gasteiger partial charge is 0.493 e. The molecule has 0 heterocycles. The smallest absolute Gasteiger partial charge is 0.216 e. The van der Waals surface area contributed by atoms with Crippen LogP contribution in [0.4, 0.5) is 0 Å². The van der Waals surface area contributed by atoms with E-state index in [0.717, 1.165) is 5.56 Å². The van der Waals surface area contributed by atoms with Crippen molar-refractivity contribution in [1.29, 1.82) is 0 Å². The predicted octanol–water partition coefficient (Wildman–Crippen LogP) is 4.19. The second-order valence-electron chi connectivity index (χ2n) is 5.41. The topological polar surface area (TPSA) is 64.6 Å². The summed E-state index contributed by atoms with van der Waals surface area (Å²) in [5, 5.41) is 0.633. The van der Waals surface area contributed by atoms with E-state index in [9.17, 15) is 8.42 Å². The van der Waals surface area contributed by atoms with Crippen molar-refractivity contribution in [3.8, 4) is 11.5 Å². The molecule has 0 aromatic heterocycles. The standard InChI is InChI=1S/C17H19Cl2NO4S/c1-11(12-7-8-16(23-2)17(9-12)24-3)20-25(21,22)10-13-14(18)5-4-6-15(13)19/h4-9,11,20H,10H2,1-3H3/t11-/m1/s1. The number of ether oxygens (including phenoxy) is 2. The maximum absolute atomic E-state index is 12.5. The van der Waals surface area contributed by atoms with Crippen LogP contribution in [0.15, 0.2) is 36.4 Å². The van der Waals surface area contributed by atoms with E-state index < -0.39 is 16.1 Å². The lowest BCUT2D eigenvalue weighted by atomic mass is 10.1. The second-order valence-corrected chi connectivity index (χ2v) is 7.98. The number of nitrogens with one attached hydrogen (secondary N) is 1. The average Bonchev–Trinajstić information content (AvgIpc) is 2.57. The van der Waals surface area contributed by atoms with Gasteiger partial charge in [-0.15, -0.1) is 0 Å². The molecule has 0 aliphatic rings. The fourth-order valence-corrected chi connectivity index (χ4v) is 4.50. The van der Waals surface area contributed by atoms with Crippen LogP contribution < -0.4 is 14.2 Å². The maximum Gasteiger partial charge on any atom is 0.216 e. The average molecular weight is 404 g/mol. The molecule has 0 unspecified atom stereocenters. The quantitative estimate of drug-likeness (QED) is 0.752. The first-order chi connectivity index (χ1) is 11.8. The highest BCUT2D eigenvalue weighted by Crippen LogP contribution is 2.31. The Kier molecular flexibility index (Phi) is 6.57. The number of sulfonamides is 1. The van der Waals surface area contributed by atoms with Crippen LogP contribution in [0.3, 0.4) is 0 Å². The van der Waals surface area contributed by atoms with Crippen LogP contribution >= 0.6 is 23.2 Å². The van der Waals surface area contributed by atoms with Crippen LogP contribution in [0, 0.1) is 0 Å². The van der Waals surface area contributed by atoms with Crippen LogP contribution in [0.2, 0.25) is 10.0 Å². The molecule has 0 amide bonds. The molecule has 136 valence electrons. The van der Waals surface area contributed by atoms with Gasteiger partial charge in [-0.05, 0) is 36.8 Å². The molecule has 2 aromatic rings. The highest BCUT2D eigenvalue weighted by atomic mass is 35.5. The number of rotatable bonds is 7. The minimum absolute atomic E-state index is 0.302. The monoisotopic (exact) mass is 403 g/mol. The van der Waals surface area contributed by atoms with E-state index in [1.165, 1.54) is 14.2 Å². The first-order valence-electron chi connectivity index (χ1n) is 7.42. The van der Waals surface area contributed by atoms with Crippen LogP contribution in [0.25, 0.3) is 0 Å². The number of hydrogen-bond donors (Lipinski definition) is 1. The summed E-state index contributed by atoms with van der Waals surface area (Å²) >= 11 is 12.1. The predicted molar refractivity (Wildman–Crippen MR) is 100 cm³/mol. The van der Waals surface area contributed by atoms with Gasteiger partial charge in [-0.2, -0.15) is 0 Å². The van der Waals surface area contributed by atoms with E-state index in [4.69, 9.17) is 32.7 Å². The summed E-state index contributed by atoms with van der Waals surface area (Å²) in [6.45, 7) is 1.74. The summed E-state index contributed by atoms with van der Waals surface area (Å²) < 4.78 is 38.0. The zero-order chi connectivity index (χ0) is 18.6. The van der Waals surface area contributed by atoms with E-state index in [2.05, 4.69) is 4.72 Å². The van der Waals surface area contributed by atoms with Gasteiger partial charge in [0, 0.05) is 21.7 Å². The highest BCUT2D eigenvalue weighted by Gasteiger charge is 2.20. The lowest BCUT2D eigenvalue weighted by Gasteiger charge is -2.17. The normalized spacial score (nSPS) is 12.7. The van der Waals surface area contributed by atoms with Gasteiger partial charge in [0.25, 0.3) is 0 Å². The summed E-state index contributed by atoms with van der Waals surface area (Å²) in [6, 6.07) is 9.65. The van der Waals surface area contributed by atoms with Crippen molar-refractivity contribution >= 4 is 33.2 Å². The van der Waals surface area contributed by atoms with Crippen molar-refractivity contribution in [3.05, 3.63) is 57.6 Å². The van der Waals surface area contributed by atoms with Crippen LogP contribution in [-0.2, 0) is 15.8 Å². The van der Waals surface area contributed by atoms with Crippen LogP contribution in [-0.4, -0.2) is 22.6 Å². The third-order valence-electron chi connectivity index (χ3n) is 3.66. The SMILES string of the molecule is COc1ccc([C@@H](C)NS(=O)(=O)Cc2c(Cl)cccc2Cl)cc1OC. The molecule has 0 radical (unpaired) electrons. The van der Waals surface area contributed by atoms with Gasteiger partial charge in [0.15, 0.2) is 11.5 Å². The molecule has 2 rings (SSSR count). The van der Waals surface area contributed by atoms with E-state index >= 15 is 0 Å². The van der Waals surface area contributed by atoms with Gasteiger partial charge in [0.05, 0.1) is 20.0 Å². The van der Waals surface area contributed by atoms with Crippen molar-refractivity contribution < 1.29 is 17.9 Å². The van der Waals surface area contributed by atoms with E-state index in [1.54, 1.807) is 43.3 Å². The minimum atomic E-state index is -3.65. The molecule has 0 saturated carbocycles. The van der Waals surface area contributed by atoms with Gasteiger partial charge in [-0.25, -0.2) is 13.1 Å². The molecule has 8 heteroatoms. The maximum atomic E-state index is 12.5. The lowest BCUT2D eigenvalue weighted by molar-refractivity contribution is 0.354. The summed E-state index contributed by atoms with van der Waals surface area (Å²) in [4.78, 5) is 0. The van der Waals surface area contributed by atoms with Gasteiger partial charge < -0.3 is 9.47 Å². The molecule has 0 saturated heterocycles. The van der Waals surface area contributed by atoms with Crippen molar-refractivity contribution in [2.24, 2.45) is 0 Å². The summed E-state index contributed by atoms with van der Waals surface area (Å²) in [6.07, 6.45) is 0. The number of hydrogen-bond acceptors (Lipinski definition) is 4. The fraction of sp³-hybridized carbons (Fsp3) is 0.294. The van der Waals surface area contributed by atoms with E-state index in [-0.39, 0.29) is 5.75 Å². The van der Waals surface area contributed by atoms with Gasteiger partial charge in [0.2, 0.25) is 10.0 Å². The molecule has 0 aliphatic heterocycles. The molecule has 0 fully saturated rings. The third kappa shape index (κ3) is 5.01. The Morgan fingerprint density at radius 1 is 1.04 bits per heavy atom. The number of methoxy groups -OCH3 is 2. The second kappa shape index (κ2) is 8.27. The Labute approximate surface area is 157 Å². The Balaban J connectivity index is 2.20. The molecular weight excluding hydrogens is 385 g/mol. The van der Waals surface area contributed by atoms with Gasteiger partial charge in [-0.3, -0.25) is 0 Å². The molecule has 1 atom stereocenters. The fourth-order valence-electron chi connectivity index (χ4n) is 2.36. The van der Waals surface area contributed by atoms with Crippen LogP contribution in [0.1, 0.15) is 24.1 Å². The number of benzene rings is 2. The van der Waals surface area contributed by atoms with Crippen molar-refractivity contribution in [2.75, 3.05) is 14.2 Å². The molecule has 0 bridgehead atoms. The van der Waals surface area contributed by atoms with Crippen molar-refractivity contribution in [3.63, 3.8) is 0 Å². The molecule has 0 aliphatic carbocycles. The Morgan fingerprint density at radius 3 is 2.20 bits per heavy atom. The van der Waals surface area contributed by atoms with Gasteiger partial charge in [0.1, 0.15) is 0 Å². The van der Waals surface area contributed by atoms with Crippen LogP contribution in [0.5, 0.6) is 11.5 Å². The third-order valence-corrected chi connectivity index (χ3v) is 5.75. The zero-order valence-electron chi connectivity index (χ0n) is 14.0. The van der Waals surface area contributed by atoms with Crippen molar-refractivity contribution in [1.82, 2.24) is 4.72 Å². The van der Waals surface area contributed by atoms with E-state index in [0.29, 0.717) is 27.1 Å². The first kappa shape index (κ1) is 19.8. The van der Waals surface area contributed by atoms with E-state index in [1.807, 2.05) is 0 Å². The molecule has 5 nitrogen and oxygen atoms in total. The number of halogens is 2. The first-order valence-corrected chi connectivity index (χ1v) is 9.83. The lowest BCUT2D eigenvalue weighted by Crippen LogP contribution is -2.28. The van der Waals surface area contributed by atoms with Crippen molar-refractivity contribution in [2.45, 2.75) is 18.7 Å². The summed E-state index contributed by atoms with van der Waals surface area (Å²) in [5.74, 6) is 0.799.